The SMILES string of the molecule is Cc1cccc(C)c1OCC(=O)N1CCC(NC(=O)C2CCCCC2)CC1. The van der Waals surface area contributed by atoms with E-state index in [1.165, 1.54) is 19.3 Å². The Morgan fingerprint density at radius 1 is 1.04 bits per heavy atom. The number of ether oxygens (including phenoxy) is 1. The van der Waals surface area contributed by atoms with Gasteiger partial charge in [0, 0.05) is 25.0 Å². The maximum atomic E-state index is 12.5. The zero-order valence-electron chi connectivity index (χ0n) is 16.6. The Kier molecular flexibility index (Phi) is 6.75. The molecule has 0 unspecified atom stereocenters. The Bertz CT molecular complexity index is 639. The first-order valence-electron chi connectivity index (χ1n) is 10.3. The number of aryl methyl sites for hydroxylation is 2. The first-order valence-corrected chi connectivity index (χ1v) is 10.3. The van der Waals surface area contributed by atoms with Gasteiger partial charge in [0.25, 0.3) is 5.91 Å². The van der Waals surface area contributed by atoms with Gasteiger partial charge in [0.1, 0.15) is 5.75 Å². The number of nitrogens with one attached hydrogen (secondary N) is 1. The summed E-state index contributed by atoms with van der Waals surface area (Å²) in [5, 5.41) is 3.21. The molecule has 1 aliphatic heterocycles. The summed E-state index contributed by atoms with van der Waals surface area (Å²) >= 11 is 0. The molecule has 148 valence electrons. The first-order chi connectivity index (χ1) is 13.0. The maximum absolute atomic E-state index is 12.5. The number of amides is 2. The van der Waals surface area contributed by atoms with Gasteiger partial charge in [-0.3, -0.25) is 9.59 Å². The third kappa shape index (κ3) is 5.24. The van der Waals surface area contributed by atoms with Gasteiger partial charge in [-0.2, -0.15) is 0 Å². The topological polar surface area (TPSA) is 58.6 Å². The lowest BCUT2D eigenvalue weighted by molar-refractivity contribution is -0.134. The van der Waals surface area contributed by atoms with Crippen molar-refractivity contribution in [2.75, 3.05) is 19.7 Å². The van der Waals surface area contributed by atoms with E-state index in [2.05, 4.69) is 5.32 Å². The lowest BCUT2D eigenvalue weighted by Crippen LogP contribution is -2.49. The summed E-state index contributed by atoms with van der Waals surface area (Å²) in [7, 11) is 0. The van der Waals surface area contributed by atoms with Crippen molar-refractivity contribution in [3.63, 3.8) is 0 Å². The van der Waals surface area contributed by atoms with Crippen molar-refractivity contribution >= 4 is 11.8 Å². The van der Waals surface area contributed by atoms with E-state index in [0.717, 1.165) is 42.6 Å². The number of likely N-dealkylation sites (tertiary alicyclic amines) is 1. The molecule has 1 saturated heterocycles. The second kappa shape index (κ2) is 9.25. The molecule has 2 fully saturated rings. The lowest BCUT2D eigenvalue weighted by Gasteiger charge is -2.33. The number of nitrogens with zero attached hydrogens (tertiary/aromatic N) is 1. The van der Waals surface area contributed by atoms with E-state index in [9.17, 15) is 9.59 Å². The van der Waals surface area contributed by atoms with Crippen molar-refractivity contribution in [1.29, 1.82) is 0 Å². The van der Waals surface area contributed by atoms with Crippen LogP contribution in [-0.2, 0) is 9.59 Å². The third-order valence-electron chi connectivity index (χ3n) is 5.92. The van der Waals surface area contributed by atoms with E-state index in [4.69, 9.17) is 4.74 Å². The number of piperidine rings is 1. The molecular formula is C22H32N2O3. The van der Waals surface area contributed by atoms with Crippen molar-refractivity contribution in [1.82, 2.24) is 10.2 Å². The molecule has 5 heteroatoms. The zero-order valence-corrected chi connectivity index (χ0v) is 16.6. The normalized spacial score (nSPS) is 19.0. The Morgan fingerprint density at radius 2 is 1.67 bits per heavy atom. The molecule has 1 N–H and O–H groups in total. The summed E-state index contributed by atoms with van der Waals surface area (Å²) in [5.41, 5.74) is 2.10. The van der Waals surface area contributed by atoms with Crippen LogP contribution in [0.25, 0.3) is 0 Å². The summed E-state index contributed by atoms with van der Waals surface area (Å²) < 4.78 is 5.79. The van der Waals surface area contributed by atoms with Gasteiger partial charge in [-0.1, -0.05) is 37.5 Å². The van der Waals surface area contributed by atoms with Crippen LogP contribution in [0.15, 0.2) is 18.2 Å². The standard InChI is InChI=1S/C22H32N2O3/c1-16-7-6-8-17(2)21(16)27-15-20(25)24-13-11-19(12-14-24)23-22(26)18-9-4-3-5-10-18/h6-8,18-19H,3-5,9-15H2,1-2H3,(H,23,26). The number of hydrogen-bond donors (Lipinski definition) is 1. The van der Waals surface area contributed by atoms with Crippen LogP contribution in [0.3, 0.4) is 0 Å². The van der Waals surface area contributed by atoms with Gasteiger partial charge < -0.3 is 15.0 Å². The molecule has 0 bridgehead atoms. The molecule has 0 spiro atoms. The number of carbonyl (C=O) groups excluding carboxylic acids is 2. The van der Waals surface area contributed by atoms with Gasteiger partial charge in [-0.15, -0.1) is 0 Å². The number of para-hydroxylation sites is 1. The summed E-state index contributed by atoms with van der Waals surface area (Å²) in [4.78, 5) is 26.7. The van der Waals surface area contributed by atoms with Crippen LogP contribution in [0, 0.1) is 19.8 Å². The van der Waals surface area contributed by atoms with Crippen LogP contribution in [-0.4, -0.2) is 42.5 Å². The summed E-state index contributed by atoms with van der Waals surface area (Å²) in [5.74, 6) is 1.25. The molecule has 1 aromatic carbocycles. The third-order valence-corrected chi connectivity index (χ3v) is 5.92. The van der Waals surface area contributed by atoms with Gasteiger partial charge in [-0.25, -0.2) is 0 Å². The second-order valence-electron chi connectivity index (χ2n) is 8.01. The van der Waals surface area contributed by atoms with E-state index in [1.807, 2.05) is 36.9 Å². The van der Waals surface area contributed by atoms with E-state index in [-0.39, 0.29) is 30.4 Å². The highest BCUT2D eigenvalue weighted by Crippen LogP contribution is 2.25. The minimum absolute atomic E-state index is 0.0229. The zero-order chi connectivity index (χ0) is 19.2. The molecule has 5 nitrogen and oxygen atoms in total. The second-order valence-corrected chi connectivity index (χ2v) is 8.01. The largest absolute Gasteiger partial charge is 0.483 e. The molecule has 2 aliphatic rings. The summed E-state index contributed by atoms with van der Waals surface area (Å²) in [6.45, 7) is 5.43. The number of carbonyl (C=O) groups is 2. The smallest absolute Gasteiger partial charge is 0.260 e. The van der Waals surface area contributed by atoms with Crippen LogP contribution >= 0.6 is 0 Å². The molecule has 0 aromatic heterocycles. The molecule has 1 aliphatic carbocycles. The highest BCUT2D eigenvalue weighted by molar-refractivity contribution is 5.79. The first kappa shape index (κ1) is 19.7. The van der Waals surface area contributed by atoms with Gasteiger partial charge in [0.15, 0.2) is 6.61 Å². The molecule has 0 atom stereocenters. The Morgan fingerprint density at radius 3 is 2.30 bits per heavy atom. The van der Waals surface area contributed by atoms with Crippen LogP contribution in [0.5, 0.6) is 5.75 Å². The minimum atomic E-state index is 0.0229. The molecule has 1 heterocycles. The molecule has 1 saturated carbocycles. The van der Waals surface area contributed by atoms with Crippen molar-refractivity contribution < 1.29 is 14.3 Å². The fraction of sp³-hybridized carbons (Fsp3) is 0.636. The summed E-state index contributed by atoms with van der Waals surface area (Å²) in [6, 6.07) is 6.18. The molecule has 27 heavy (non-hydrogen) atoms. The van der Waals surface area contributed by atoms with Crippen LogP contribution < -0.4 is 10.1 Å². The van der Waals surface area contributed by atoms with Gasteiger partial charge in [-0.05, 0) is 50.7 Å². The van der Waals surface area contributed by atoms with E-state index in [1.54, 1.807) is 0 Å². The highest BCUT2D eigenvalue weighted by atomic mass is 16.5. The fourth-order valence-electron chi connectivity index (χ4n) is 4.21. The average molecular weight is 373 g/mol. The molecule has 1 aromatic rings. The van der Waals surface area contributed by atoms with Gasteiger partial charge in [0.2, 0.25) is 5.91 Å². The van der Waals surface area contributed by atoms with Crippen LogP contribution in [0.4, 0.5) is 0 Å². The Hall–Kier alpha value is -2.04. The monoisotopic (exact) mass is 372 g/mol. The molecular weight excluding hydrogens is 340 g/mol. The number of hydrogen-bond acceptors (Lipinski definition) is 3. The quantitative estimate of drug-likeness (QED) is 0.862. The predicted molar refractivity (Wildman–Crippen MR) is 106 cm³/mol. The molecule has 0 radical (unpaired) electrons. The Balaban J connectivity index is 1.42. The van der Waals surface area contributed by atoms with Gasteiger partial charge >= 0.3 is 0 Å². The van der Waals surface area contributed by atoms with Crippen LogP contribution in [0.2, 0.25) is 0 Å². The van der Waals surface area contributed by atoms with E-state index >= 15 is 0 Å². The number of benzene rings is 1. The predicted octanol–water partition coefficient (Wildman–Crippen LogP) is 3.37. The average Bonchev–Trinajstić information content (AvgIpc) is 2.68. The number of rotatable bonds is 5. The molecule has 3 rings (SSSR count). The maximum Gasteiger partial charge on any atom is 0.260 e. The van der Waals surface area contributed by atoms with Crippen LogP contribution in [0.1, 0.15) is 56.1 Å². The van der Waals surface area contributed by atoms with E-state index < -0.39 is 0 Å². The van der Waals surface area contributed by atoms with Gasteiger partial charge in [0.05, 0.1) is 0 Å². The lowest BCUT2D eigenvalue weighted by atomic mass is 9.88. The van der Waals surface area contributed by atoms with Crippen molar-refractivity contribution in [2.45, 2.75) is 64.8 Å². The molecule has 2 amide bonds. The van der Waals surface area contributed by atoms with E-state index in [0.29, 0.717) is 13.1 Å². The van der Waals surface area contributed by atoms with Crippen molar-refractivity contribution in [2.24, 2.45) is 5.92 Å². The fourth-order valence-corrected chi connectivity index (χ4v) is 4.21. The highest BCUT2D eigenvalue weighted by Gasteiger charge is 2.27. The minimum Gasteiger partial charge on any atom is -0.483 e. The van der Waals surface area contributed by atoms with Crippen molar-refractivity contribution in [3.05, 3.63) is 29.3 Å². The summed E-state index contributed by atoms with van der Waals surface area (Å²) in [6.07, 6.45) is 7.31. The van der Waals surface area contributed by atoms with Crippen molar-refractivity contribution in [3.8, 4) is 5.75 Å². The Labute approximate surface area is 162 Å².